The van der Waals surface area contributed by atoms with Crippen molar-refractivity contribution in [3.05, 3.63) is 53.5 Å². The Morgan fingerprint density at radius 3 is 2.52 bits per heavy atom. The van der Waals surface area contributed by atoms with E-state index in [-0.39, 0.29) is 11.9 Å². The fourth-order valence-corrected chi connectivity index (χ4v) is 4.34. The van der Waals surface area contributed by atoms with E-state index in [1.54, 1.807) is 6.07 Å². The second-order valence-corrected chi connectivity index (χ2v) is 7.74. The van der Waals surface area contributed by atoms with E-state index in [1.165, 1.54) is 18.4 Å². The van der Waals surface area contributed by atoms with Gasteiger partial charge in [-0.2, -0.15) is 0 Å². The van der Waals surface area contributed by atoms with Crippen LogP contribution in [0.1, 0.15) is 54.5 Å². The van der Waals surface area contributed by atoms with Gasteiger partial charge in [-0.1, -0.05) is 19.1 Å². The highest BCUT2D eigenvalue weighted by molar-refractivity contribution is 5.91. The van der Waals surface area contributed by atoms with Gasteiger partial charge in [0.25, 0.3) is 5.91 Å². The molecular formula is C22H28N2O3. The summed E-state index contributed by atoms with van der Waals surface area (Å²) in [5, 5.41) is 3.16. The highest BCUT2D eigenvalue weighted by Gasteiger charge is 2.39. The molecule has 1 N–H and O–H groups in total. The molecule has 0 radical (unpaired) electrons. The summed E-state index contributed by atoms with van der Waals surface area (Å²) in [6.07, 6.45) is 5.56. The summed E-state index contributed by atoms with van der Waals surface area (Å²) >= 11 is 0. The van der Waals surface area contributed by atoms with E-state index in [0.717, 1.165) is 25.0 Å². The smallest absolute Gasteiger partial charge is 0.287 e. The van der Waals surface area contributed by atoms with Crippen LogP contribution < -0.4 is 10.1 Å². The third-order valence-electron chi connectivity index (χ3n) is 6.03. The number of carbonyl (C=O) groups is 1. The molecule has 1 aromatic carbocycles. The van der Waals surface area contributed by atoms with E-state index >= 15 is 0 Å². The number of hydrogen-bond donors (Lipinski definition) is 1. The van der Waals surface area contributed by atoms with Crippen molar-refractivity contribution in [2.24, 2.45) is 0 Å². The fraction of sp³-hybridized carbons (Fsp3) is 0.500. The standard InChI is InChI=1S/C22H28N2O3/c1-3-15-4-8-19(9-5-15)26-14-20-10-11-21(27-20)22(25)23-16-12-17-6-7-18(13-16)24(17)2/h4-5,8-11,16-18H,3,6-7,12-14H2,1-2H3,(H,23,25). The largest absolute Gasteiger partial charge is 0.486 e. The van der Waals surface area contributed by atoms with Gasteiger partial charge in [0.1, 0.15) is 18.1 Å². The van der Waals surface area contributed by atoms with Crippen LogP contribution in [0.5, 0.6) is 5.75 Å². The normalized spacial score (nSPS) is 24.7. The summed E-state index contributed by atoms with van der Waals surface area (Å²) in [7, 11) is 2.20. The van der Waals surface area contributed by atoms with Crippen molar-refractivity contribution < 1.29 is 13.9 Å². The summed E-state index contributed by atoms with van der Waals surface area (Å²) in [6.45, 7) is 2.44. The molecule has 0 spiro atoms. The van der Waals surface area contributed by atoms with Gasteiger partial charge >= 0.3 is 0 Å². The Labute approximate surface area is 160 Å². The van der Waals surface area contributed by atoms with Crippen molar-refractivity contribution in [2.45, 2.75) is 63.8 Å². The lowest BCUT2D eigenvalue weighted by Crippen LogP contribution is -2.48. The van der Waals surface area contributed by atoms with Crippen LogP contribution in [0, 0.1) is 0 Å². The second kappa shape index (κ2) is 7.77. The van der Waals surface area contributed by atoms with Gasteiger partial charge in [0.05, 0.1) is 0 Å². The van der Waals surface area contributed by atoms with Crippen LogP contribution in [0.2, 0.25) is 0 Å². The number of rotatable bonds is 6. The van der Waals surface area contributed by atoms with Gasteiger partial charge in [0.15, 0.2) is 5.76 Å². The molecule has 5 heteroatoms. The zero-order valence-electron chi connectivity index (χ0n) is 16.1. The lowest BCUT2D eigenvalue weighted by Gasteiger charge is -2.36. The zero-order valence-corrected chi connectivity index (χ0v) is 16.1. The predicted octanol–water partition coefficient (Wildman–Crippen LogP) is 3.78. The Balaban J connectivity index is 1.30. The number of hydrogen-bond acceptors (Lipinski definition) is 4. The number of aryl methyl sites for hydroxylation is 1. The average Bonchev–Trinajstić information content (AvgIpc) is 3.22. The number of furan rings is 1. The number of carbonyl (C=O) groups excluding carboxylic acids is 1. The van der Waals surface area contributed by atoms with Crippen LogP contribution in [0.15, 0.2) is 40.8 Å². The zero-order chi connectivity index (χ0) is 18.8. The van der Waals surface area contributed by atoms with Gasteiger partial charge in [0, 0.05) is 18.1 Å². The molecule has 1 amide bonds. The molecule has 2 aromatic rings. The first-order valence-electron chi connectivity index (χ1n) is 9.95. The van der Waals surface area contributed by atoms with Gasteiger partial charge in [-0.15, -0.1) is 0 Å². The molecule has 2 atom stereocenters. The Hall–Kier alpha value is -2.27. The van der Waals surface area contributed by atoms with Crippen LogP contribution in [0.4, 0.5) is 0 Å². The maximum atomic E-state index is 12.5. The van der Waals surface area contributed by atoms with E-state index in [0.29, 0.717) is 30.2 Å². The maximum Gasteiger partial charge on any atom is 0.287 e. The summed E-state index contributed by atoms with van der Waals surface area (Å²) in [5.74, 6) is 1.70. The fourth-order valence-electron chi connectivity index (χ4n) is 4.34. The number of nitrogens with zero attached hydrogens (tertiary/aromatic N) is 1. The van der Waals surface area contributed by atoms with Crippen molar-refractivity contribution in [2.75, 3.05) is 7.05 Å². The lowest BCUT2D eigenvalue weighted by atomic mass is 9.98. The number of ether oxygens (including phenoxy) is 1. The van der Waals surface area contributed by atoms with Crippen molar-refractivity contribution in [1.29, 1.82) is 0 Å². The summed E-state index contributed by atoms with van der Waals surface area (Å²) in [6, 6.07) is 13.0. The van der Waals surface area contributed by atoms with Crippen molar-refractivity contribution in [1.82, 2.24) is 10.2 Å². The number of nitrogens with one attached hydrogen (secondary N) is 1. The summed E-state index contributed by atoms with van der Waals surface area (Å²) < 4.78 is 11.4. The van der Waals surface area contributed by atoms with Gasteiger partial charge in [0.2, 0.25) is 0 Å². The molecule has 2 fully saturated rings. The molecule has 3 heterocycles. The minimum Gasteiger partial charge on any atom is -0.486 e. The minimum atomic E-state index is -0.123. The quantitative estimate of drug-likeness (QED) is 0.843. The third kappa shape index (κ3) is 4.03. The molecule has 5 nitrogen and oxygen atoms in total. The number of fused-ring (bicyclic) bond motifs is 2. The summed E-state index contributed by atoms with van der Waals surface area (Å²) in [4.78, 5) is 15.0. The number of piperidine rings is 1. The molecule has 0 saturated carbocycles. The van der Waals surface area contributed by atoms with Crippen LogP contribution in [0.25, 0.3) is 0 Å². The Kier molecular flexibility index (Phi) is 5.21. The number of amides is 1. The molecule has 2 aliphatic rings. The minimum absolute atomic E-state index is 0.123. The van der Waals surface area contributed by atoms with Crippen LogP contribution in [-0.4, -0.2) is 36.0 Å². The van der Waals surface area contributed by atoms with Gasteiger partial charge in [-0.05, 0) is 69.0 Å². The van der Waals surface area contributed by atoms with E-state index in [1.807, 2.05) is 18.2 Å². The Morgan fingerprint density at radius 1 is 1.15 bits per heavy atom. The van der Waals surface area contributed by atoms with Crippen LogP contribution in [0.3, 0.4) is 0 Å². The van der Waals surface area contributed by atoms with Crippen molar-refractivity contribution in [3.8, 4) is 5.75 Å². The highest BCUT2D eigenvalue weighted by atomic mass is 16.5. The van der Waals surface area contributed by atoms with Crippen molar-refractivity contribution >= 4 is 5.91 Å². The molecule has 2 unspecified atom stereocenters. The average molecular weight is 368 g/mol. The predicted molar refractivity (Wildman–Crippen MR) is 104 cm³/mol. The number of benzene rings is 1. The highest BCUT2D eigenvalue weighted by Crippen LogP contribution is 2.34. The lowest BCUT2D eigenvalue weighted by molar-refractivity contribution is 0.0851. The SMILES string of the molecule is CCc1ccc(OCc2ccc(C(=O)NC3CC4CCC(C3)N4C)o2)cc1. The van der Waals surface area contributed by atoms with Crippen LogP contribution in [-0.2, 0) is 13.0 Å². The monoisotopic (exact) mass is 368 g/mol. The molecule has 4 rings (SSSR count). The van der Waals surface area contributed by atoms with Crippen LogP contribution >= 0.6 is 0 Å². The molecular weight excluding hydrogens is 340 g/mol. The molecule has 2 aliphatic heterocycles. The van der Waals surface area contributed by atoms with Gasteiger partial charge in [-0.25, -0.2) is 0 Å². The van der Waals surface area contributed by atoms with Crippen molar-refractivity contribution in [3.63, 3.8) is 0 Å². The van der Waals surface area contributed by atoms with E-state index in [9.17, 15) is 4.79 Å². The molecule has 0 aliphatic carbocycles. The first kappa shape index (κ1) is 18.1. The Bertz CT molecular complexity index is 769. The summed E-state index contributed by atoms with van der Waals surface area (Å²) in [5.41, 5.74) is 1.28. The third-order valence-corrected chi connectivity index (χ3v) is 6.03. The molecule has 144 valence electrons. The van der Waals surface area contributed by atoms with E-state index in [4.69, 9.17) is 9.15 Å². The first-order valence-corrected chi connectivity index (χ1v) is 9.95. The van der Waals surface area contributed by atoms with Gasteiger partial charge < -0.3 is 19.4 Å². The molecule has 2 saturated heterocycles. The molecule has 2 bridgehead atoms. The second-order valence-electron chi connectivity index (χ2n) is 7.74. The van der Waals surface area contributed by atoms with Gasteiger partial charge in [-0.3, -0.25) is 4.79 Å². The Morgan fingerprint density at radius 2 is 1.85 bits per heavy atom. The van der Waals surface area contributed by atoms with E-state index in [2.05, 4.69) is 36.3 Å². The topological polar surface area (TPSA) is 54.7 Å². The first-order chi connectivity index (χ1) is 13.1. The van der Waals surface area contributed by atoms with E-state index < -0.39 is 0 Å². The molecule has 27 heavy (non-hydrogen) atoms. The maximum absolute atomic E-state index is 12.5. The molecule has 1 aromatic heterocycles.